The maximum atomic E-state index is 5.87. The Morgan fingerprint density at radius 3 is 2.94 bits per heavy atom. The van der Waals surface area contributed by atoms with Crippen LogP contribution < -0.4 is 0 Å². The van der Waals surface area contributed by atoms with Gasteiger partial charge in [-0.25, -0.2) is 9.97 Å². The van der Waals surface area contributed by atoms with Gasteiger partial charge in [-0.05, 0) is 34.9 Å². The van der Waals surface area contributed by atoms with Crippen LogP contribution in [0.2, 0.25) is 5.28 Å². The lowest BCUT2D eigenvalue weighted by molar-refractivity contribution is 0.823. The smallest absolute Gasteiger partial charge is 0.240 e. The van der Waals surface area contributed by atoms with E-state index in [1.807, 2.05) is 0 Å². The SMILES string of the molecule is Clc1nc(Sc2ncns2)nc(-n2ccnc2)n1. The highest BCUT2D eigenvalue weighted by atomic mass is 35.5. The minimum absolute atomic E-state index is 0.126. The van der Waals surface area contributed by atoms with Crippen molar-refractivity contribution < 1.29 is 0 Å². The average Bonchev–Trinajstić information content (AvgIpc) is 3.00. The van der Waals surface area contributed by atoms with E-state index in [0.29, 0.717) is 11.1 Å². The predicted octanol–water partition coefficient (Wildman–Crippen LogP) is 1.71. The molecule has 0 spiro atoms. The highest BCUT2D eigenvalue weighted by Crippen LogP contribution is 2.25. The summed E-state index contributed by atoms with van der Waals surface area (Å²) < 4.78 is 6.30. The lowest BCUT2D eigenvalue weighted by atomic mass is 10.8. The Kier molecular flexibility index (Phi) is 3.17. The van der Waals surface area contributed by atoms with E-state index in [-0.39, 0.29) is 5.28 Å². The van der Waals surface area contributed by atoms with Crippen molar-refractivity contribution in [1.29, 1.82) is 0 Å². The van der Waals surface area contributed by atoms with Gasteiger partial charge in [0.05, 0.1) is 0 Å². The first-order valence-electron chi connectivity index (χ1n) is 4.66. The van der Waals surface area contributed by atoms with Crippen molar-refractivity contribution in [1.82, 2.24) is 33.9 Å². The van der Waals surface area contributed by atoms with E-state index in [1.54, 1.807) is 23.3 Å². The molecule has 0 fully saturated rings. The molecule has 0 aliphatic carbocycles. The van der Waals surface area contributed by atoms with Crippen molar-refractivity contribution in [3.63, 3.8) is 0 Å². The molecule has 3 heterocycles. The van der Waals surface area contributed by atoms with Gasteiger partial charge in [-0.15, -0.1) is 0 Å². The summed E-state index contributed by atoms with van der Waals surface area (Å²) in [5.74, 6) is 0.416. The van der Waals surface area contributed by atoms with E-state index in [9.17, 15) is 0 Å². The Bertz CT molecular complexity index is 640. The van der Waals surface area contributed by atoms with Gasteiger partial charge in [0.25, 0.3) is 0 Å². The summed E-state index contributed by atoms with van der Waals surface area (Å²) in [5, 5.41) is 0.594. The van der Waals surface area contributed by atoms with Crippen molar-refractivity contribution in [2.75, 3.05) is 0 Å². The molecule has 0 bridgehead atoms. The van der Waals surface area contributed by atoms with Crippen LogP contribution >= 0.6 is 34.9 Å². The zero-order valence-corrected chi connectivity index (χ0v) is 11.0. The molecule has 0 amide bonds. The molecule has 90 valence electrons. The van der Waals surface area contributed by atoms with Crippen LogP contribution in [-0.4, -0.2) is 33.9 Å². The van der Waals surface area contributed by atoms with Crippen LogP contribution in [0.4, 0.5) is 0 Å². The van der Waals surface area contributed by atoms with Gasteiger partial charge >= 0.3 is 0 Å². The number of hydrogen-bond acceptors (Lipinski definition) is 8. The van der Waals surface area contributed by atoms with E-state index in [1.165, 1.54) is 29.6 Å². The topological polar surface area (TPSA) is 82.3 Å². The quantitative estimate of drug-likeness (QED) is 0.728. The molecule has 0 aromatic carbocycles. The number of imidazole rings is 1. The molecule has 7 nitrogen and oxygen atoms in total. The fraction of sp³-hybridized carbons (Fsp3) is 0. The van der Waals surface area contributed by atoms with Gasteiger partial charge in [0.1, 0.15) is 12.7 Å². The van der Waals surface area contributed by atoms with Gasteiger partial charge in [-0.3, -0.25) is 4.57 Å². The fourth-order valence-electron chi connectivity index (χ4n) is 1.15. The van der Waals surface area contributed by atoms with E-state index in [4.69, 9.17) is 11.6 Å². The molecular weight excluding hydrogens is 294 g/mol. The molecule has 0 saturated carbocycles. The zero-order valence-electron chi connectivity index (χ0n) is 8.63. The Balaban J connectivity index is 1.96. The van der Waals surface area contributed by atoms with Crippen LogP contribution in [0.1, 0.15) is 0 Å². The van der Waals surface area contributed by atoms with Crippen LogP contribution in [0.15, 0.2) is 34.5 Å². The van der Waals surface area contributed by atoms with Gasteiger partial charge in [-0.2, -0.15) is 19.3 Å². The van der Waals surface area contributed by atoms with Crippen LogP contribution in [0.5, 0.6) is 0 Å². The third-order valence-corrected chi connectivity index (χ3v) is 3.58. The lowest BCUT2D eigenvalue weighted by Gasteiger charge is -2.02. The third-order valence-electron chi connectivity index (χ3n) is 1.83. The molecule has 10 heteroatoms. The molecule has 0 saturated heterocycles. The maximum Gasteiger partial charge on any atom is 0.240 e. The van der Waals surface area contributed by atoms with E-state index >= 15 is 0 Å². The highest BCUT2D eigenvalue weighted by Gasteiger charge is 2.09. The molecule has 0 atom stereocenters. The Morgan fingerprint density at radius 1 is 1.28 bits per heavy atom. The molecule has 0 aliphatic heterocycles. The first-order valence-corrected chi connectivity index (χ1v) is 6.62. The number of hydrogen-bond donors (Lipinski definition) is 0. The van der Waals surface area contributed by atoms with Crippen LogP contribution in [0.25, 0.3) is 5.95 Å². The second kappa shape index (κ2) is 4.96. The number of aromatic nitrogens is 7. The van der Waals surface area contributed by atoms with Crippen molar-refractivity contribution in [2.45, 2.75) is 9.50 Å². The molecular formula is C8H4ClN7S2. The predicted molar refractivity (Wildman–Crippen MR) is 66.0 cm³/mol. The summed E-state index contributed by atoms with van der Waals surface area (Å²) in [4.78, 5) is 20.3. The monoisotopic (exact) mass is 297 g/mol. The largest absolute Gasteiger partial charge is 0.274 e. The van der Waals surface area contributed by atoms with Gasteiger partial charge in [-0.1, -0.05) is 0 Å². The first-order chi connectivity index (χ1) is 8.81. The third kappa shape index (κ3) is 2.47. The molecule has 0 radical (unpaired) electrons. The number of halogens is 1. The minimum atomic E-state index is 0.126. The number of rotatable bonds is 3. The Morgan fingerprint density at radius 2 is 2.22 bits per heavy atom. The van der Waals surface area contributed by atoms with E-state index in [2.05, 4.69) is 29.3 Å². The summed E-state index contributed by atoms with van der Waals surface area (Å²) >= 11 is 8.42. The summed E-state index contributed by atoms with van der Waals surface area (Å²) in [6.45, 7) is 0. The summed E-state index contributed by atoms with van der Waals surface area (Å²) in [5.41, 5.74) is 0. The van der Waals surface area contributed by atoms with Crippen molar-refractivity contribution >= 4 is 34.9 Å². The summed E-state index contributed by atoms with van der Waals surface area (Å²) in [6, 6.07) is 0. The van der Waals surface area contributed by atoms with Crippen molar-refractivity contribution in [2.24, 2.45) is 0 Å². The minimum Gasteiger partial charge on any atom is -0.274 e. The zero-order chi connectivity index (χ0) is 12.4. The average molecular weight is 298 g/mol. The lowest BCUT2D eigenvalue weighted by Crippen LogP contribution is -2.02. The molecule has 0 aliphatic rings. The van der Waals surface area contributed by atoms with Gasteiger partial charge < -0.3 is 0 Å². The van der Waals surface area contributed by atoms with Crippen LogP contribution in [0.3, 0.4) is 0 Å². The van der Waals surface area contributed by atoms with E-state index in [0.717, 1.165) is 4.34 Å². The molecule has 0 unspecified atom stereocenters. The normalized spacial score (nSPS) is 10.7. The first kappa shape index (κ1) is 11.5. The maximum absolute atomic E-state index is 5.87. The second-order valence-electron chi connectivity index (χ2n) is 2.97. The Labute approximate surface area is 114 Å². The van der Waals surface area contributed by atoms with Gasteiger partial charge in [0.2, 0.25) is 16.4 Å². The standard InChI is InChI=1S/C8H4ClN7S2/c9-5-13-6(16-2-1-10-4-16)15-7(14-5)17-8-11-3-12-18-8/h1-4H. The molecule has 3 rings (SSSR count). The Hall–Kier alpha value is -1.58. The van der Waals surface area contributed by atoms with Crippen LogP contribution in [0, 0.1) is 0 Å². The molecule has 0 N–H and O–H groups in total. The second-order valence-corrected chi connectivity index (χ2v) is 5.30. The summed E-state index contributed by atoms with van der Waals surface area (Å²) in [6.07, 6.45) is 6.43. The highest BCUT2D eigenvalue weighted by molar-refractivity contribution is 8.00. The van der Waals surface area contributed by atoms with Gasteiger partial charge in [0, 0.05) is 12.4 Å². The molecule has 3 aromatic heterocycles. The van der Waals surface area contributed by atoms with E-state index < -0.39 is 0 Å². The van der Waals surface area contributed by atoms with Crippen molar-refractivity contribution in [3.05, 3.63) is 30.3 Å². The number of nitrogens with zero attached hydrogens (tertiary/aromatic N) is 7. The van der Waals surface area contributed by atoms with Crippen LogP contribution in [-0.2, 0) is 0 Å². The van der Waals surface area contributed by atoms with Gasteiger partial charge in [0.15, 0.2) is 4.34 Å². The summed E-state index contributed by atoms with van der Waals surface area (Å²) in [7, 11) is 0. The molecule has 3 aromatic rings. The van der Waals surface area contributed by atoms with Crippen molar-refractivity contribution in [3.8, 4) is 5.95 Å². The fourth-order valence-corrected chi connectivity index (χ4v) is 2.65. The molecule has 18 heavy (non-hydrogen) atoms.